The molecule has 0 saturated heterocycles. The van der Waals surface area contributed by atoms with Crippen molar-refractivity contribution in [1.29, 1.82) is 0 Å². The first-order valence-corrected chi connectivity index (χ1v) is 6.82. The van der Waals surface area contributed by atoms with Crippen molar-refractivity contribution in [3.05, 3.63) is 24.3 Å². The predicted molar refractivity (Wildman–Crippen MR) is 76.2 cm³/mol. The number of anilines is 1. The molecule has 1 fully saturated rings. The summed E-state index contributed by atoms with van der Waals surface area (Å²) >= 11 is 0. The highest BCUT2D eigenvalue weighted by Crippen LogP contribution is 2.25. The third-order valence-electron chi connectivity index (χ3n) is 3.30. The lowest BCUT2D eigenvalue weighted by atomic mass is 10.1. The second kappa shape index (κ2) is 5.61. The Morgan fingerprint density at radius 3 is 2.37 bits per heavy atom. The van der Waals surface area contributed by atoms with Gasteiger partial charge in [-0.2, -0.15) is 0 Å². The lowest BCUT2D eigenvalue weighted by Gasteiger charge is -2.18. The molecule has 4 heteroatoms. The highest BCUT2D eigenvalue weighted by molar-refractivity contribution is 5.97. The Kier molecular flexibility index (Phi) is 4.10. The van der Waals surface area contributed by atoms with Crippen LogP contribution in [0, 0.1) is 0 Å². The van der Waals surface area contributed by atoms with Gasteiger partial charge < -0.3 is 15.8 Å². The molecule has 0 aromatic heterocycles. The maximum absolute atomic E-state index is 11.7. The number of rotatable bonds is 4. The first kappa shape index (κ1) is 13.9. The van der Waals surface area contributed by atoms with Crippen molar-refractivity contribution in [1.82, 2.24) is 0 Å². The molecule has 104 valence electrons. The Labute approximate surface area is 114 Å². The Bertz CT molecular complexity index is 428. The van der Waals surface area contributed by atoms with Gasteiger partial charge in [0, 0.05) is 5.69 Å². The van der Waals surface area contributed by atoms with Gasteiger partial charge in [0.05, 0.1) is 11.6 Å². The Morgan fingerprint density at radius 2 is 1.84 bits per heavy atom. The minimum Gasteiger partial charge on any atom is -0.490 e. The maximum Gasteiger partial charge on any atom is 0.243 e. The van der Waals surface area contributed by atoms with E-state index in [0.717, 1.165) is 24.3 Å². The zero-order valence-corrected chi connectivity index (χ0v) is 11.6. The van der Waals surface area contributed by atoms with Gasteiger partial charge in [-0.25, -0.2) is 0 Å². The van der Waals surface area contributed by atoms with Crippen LogP contribution in [0.2, 0.25) is 0 Å². The molecule has 1 aromatic rings. The summed E-state index contributed by atoms with van der Waals surface area (Å²) in [5.74, 6) is 0.661. The van der Waals surface area contributed by atoms with Crippen molar-refractivity contribution in [2.45, 2.75) is 51.2 Å². The fourth-order valence-corrected chi connectivity index (χ4v) is 2.11. The number of nitrogens with one attached hydrogen (secondary N) is 1. The van der Waals surface area contributed by atoms with Gasteiger partial charge in [-0.05, 0) is 63.8 Å². The van der Waals surface area contributed by atoms with Crippen LogP contribution in [0.5, 0.6) is 5.75 Å². The Hall–Kier alpha value is -1.55. The summed E-state index contributed by atoms with van der Waals surface area (Å²) in [6, 6.07) is 7.46. The molecular formula is C15H22N2O2. The molecule has 0 bridgehead atoms. The molecule has 0 atom stereocenters. The molecule has 2 rings (SSSR count). The zero-order chi connectivity index (χ0) is 13.9. The van der Waals surface area contributed by atoms with Crippen LogP contribution in [-0.2, 0) is 4.79 Å². The van der Waals surface area contributed by atoms with E-state index in [4.69, 9.17) is 10.5 Å². The van der Waals surface area contributed by atoms with E-state index in [1.165, 1.54) is 12.8 Å². The number of ether oxygens (including phenoxy) is 1. The lowest BCUT2D eigenvalue weighted by molar-refractivity contribution is -0.120. The van der Waals surface area contributed by atoms with Crippen molar-refractivity contribution in [3.63, 3.8) is 0 Å². The Morgan fingerprint density at radius 1 is 1.26 bits per heavy atom. The number of nitrogens with two attached hydrogens (primary N) is 1. The van der Waals surface area contributed by atoms with Crippen LogP contribution in [-0.4, -0.2) is 17.6 Å². The third kappa shape index (κ3) is 3.96. The van der Waals surface area contributed by atoms with Crippen molar-refractivity contribution in [2.24, 2.45) is 5.73 Å². The van der Waals surface area contributed by atoms with Crippen LogP contribution in [0.15, 0.2) is 24.3 Å². The normalized spacial score (nSPS) is 16.4. The second-order valence-corrected chi connectivity index (χ2v) is 5.72. The van der Waals surface area contributed by atoms with Crippen LogP contribution < -0.4 is 15.8 Å². The predicted octanol–water partition coefficient (Wildman–Crippen LogP) is 2.68. The molecule has 0 aliphatic heterocycles. The van der Waals surface area contributed by atoms with Gasteiger partial charge in [-0.3, -0.25) is 4.79 Å². The summed E-state index contributed by atoms with van der Waals surface area (Å²) in [5.41, 5.74) is 5.59. The van der Waals surface area contributed by atoms with Gasteiger partial charge in [0.15, 0.2) is 0 Å². The molecule has 19 heavy (non-hydrogen) atoms. The molecule has 1 aliphatic rings. The molecule has 3 N–H and O–H groups in total. The fraction of sp³-hybridized carbons (Fsp3) is 0.533. The first-order chi connectivity index (χ1) is 8.95. The van der Waals surface area contributed by atoms with E-state index < -0.39 is 5.54 Å². The monoisotopic (exact) mass is 262 g/mol. The van der Waals surface area contributed by atoms with Gasteiger partial charge in [0.2, 0.25) is 5.91 Å². The highest BCUT2D eigenvalue weighted by atomic mass is 16.5. The number of amides is 1. The largest absolute Gasteiger partial charge is 0.490 e. The molecule has 0 heterocycles. The van der Waals surface area contributed by atoms with E-state index >= 15 is 0 Å². The van der Waals surface area contributed by atoms with Gasteiger partial charge in [0.25, 0.3) is 0 Å². The summed E-state index contributed by atoms with van der Waals surface area (Å²) in [4.78, 5) is 11.7. The number of carbonyl (C=O) groups is 1. The van der Waals surface area contributed by atoms with Crippen molar-refractivity contribution < 1.29 is 9.53 Å². The number of hydrogen-bond donors (Lipinski definition) is 2. The number of carbonyl (C=O) groups excluding carboxylic acids is 1. The van der Waals surface area contributed by atoms with E-state index in [9.17, 15) is 4.79 Å². The minimum atomic E-state index is -0.876. The number of hydrogen-bond acceptors (Lipinski definition) is 3. The summed E-state index contributed by atoms with van der Waals surface area (Å²) < 4.78 is 5.87. The second-order valence-electron chi connectivity index (χ2n) is 5.72. The van der Waals surface area contributed by atoms with Gasteiger partial charge in [0.1, 0.15) is 5.75 Å². The van der Waals surface area contributed by atoms with Crippen LogP contribution in [0.3, 0.4) is 0 Å². The van der Waals surface area contributed by atoms with Crippen molar-refractivity contribution in [2.75, 3.05) is 5.32 Å². The van der Waals surface area contributed by atoms with E-state index in [0.29, 0.717) is 6.10 Å². The van der Waals surface area contributed by atoms with Crippen LogP contribution in [0.1, 0.15) is 39.5 Å². The van der Waals surface area contributed by atoms with E-state index in [1.807, 2.05) is 24.3 Å². The number of benzene rings is 1. The summed E-state index contributed by atoms with van der Waals surface area (Å²) in [7, 11) is 0. The fourth-order valence-electron chi connectivity index (χ4n) is 2.11. The van der Waals surface area contributed by atoms with Gasteiger partial charge in [-0.1, -0.05) is 0 Å². The third-order valence-corrected chi connectivity index (χ3v) is 3.30. The van der Waals surface area contributed by atoms with Gasteiger partial charge >= 0.3 is 0 Å². The molecule has 0 radical (unpaired) electrons. The van der Waals surface area contributed by atoms with Crippen LogP contribution >= 0.6 is 0 Å². The quantitative estimate of drug-likeness (QED) is 0.876. The maximum atomic E-state index is 11.7. The highest BCUT2D eigenvalue weighted by Gasteiger charge is 2.21. The van der Waals surface area contributed by atoms with Crippen molar-refractivity contribution in [3.8, 4) is 5.75 Å². The van der Waals surface area contributed by atoms with Crippen molar-refractivity contribution >= 4 is 11.6 Å². The van der Waals surface area contributed by atoms with Crippen LogP contribution in [0.25, 0.3) is 0 Å². The first-order valence-electron chi connectivity index (χ1n) is 6.82. The van der Waals surface area contributed by atoms with E-state index in [1.54, 1.807) is 13.8 Å². The Balaban J connectivity index is 1.92. The molecule has 0 spiro atoms. The van der Waals surface area contributed by atoms with E-state index in [-0.39, 0.29) is 5.91 Å². The lowest BCUT2D eigenvalue weighted by Crippen LogP contribution is -2.45. The standard InChI is InChI=1S/C15H22N2O2/c1-15(2,16)14(18)17-11-7-9-13(10-8-11)19-12-5-3-4-6-12/h7-10,12H,3-6,16H2,1-2H3,(H,17,18). The molecule has 0 unspecified atom stereocenters. The zero-order valence-electron chi connectivity index (χ0n) is 11.6. The molecule has 1 amide bonds. The average Bonchev–Trinajstić information content (AvgIpc) is 2.83. The topological polar surface area (TPSA) is 64.4 Å². The van der Waals surface area contributed by atoms with Crippen LogP contribution in [0.4, 0.5) is 5.69 Å². The van der Waals surface area contributed by atoms with Gasteiger partial charge in [-0.15, -0.1) is 0 Å². The molecule has 4 nitrogen and oxygen atoms in total. The summed E-state index contributed by atoms with van der Waals surface area (Å²) in [6.07, 6.45) is 5.14. The molecular weight excluding hydrogens is 240 g/mol. The molecule has 1 aromatic carbocycles. The summed E-state index contributed by atoms with van der Waals surface area (Å²) in [5, 5.41) is 2.78. The molecule has 1 aliphatic carbocycles. The smallest absolute Gasteiger partial charge is 0.243 e. The minimum absolute atomic E-state index is 0.197. The molecule has 1 saturated carbocycles. The summed E-state index contributed by atoms with van der Waals surface area (Å²) in [6.45, 7) is 3.36. The van der Waals surface area contributed by atoms with E-state index in [2.05, 4.69) is 5.32 Å². The SMILES string of the molecule is CC(C)(N)C(=O)Nc1ccc(OC2CCCC2)cc1. The average molecular weight is 262 g/mol.